The molecule has 1 atom stereocenters. The molecular formula is C30H28F2N2O6S. The minimum absolute atomic E-state index is 0.0000124. The fraction of sp³-hybridized carbons (Fsp3) is 0.300. The summed E-state index contributed by atoms with van der Waals surface area (Å²) in [5.74, 6) is -3.01. The Hall–Kier alpha value is -4.25. The molecule has 2 heterocycles. The molecule has 214 valence electrons. The quantitative estimate of drug-likeness (QED) is 0.274. The minimum atomic E-state index is -1.48. The van der Waals surface area contributed by atoms with Gasteiger partial charge < -0.3 is 24.5 Å². The monoisotopic (exact) mass is 582 g/mol. The van der Waals surface area contributed by atoms with Gasteiger partial charge in [0.2, 0.25) is 5.43 Å². The van der Waals surface area contributed by atoms with Crippen LogP contribution in [-0.2, 0) is 11.2 Å². The van der Waals surface area contributed by atoms with Gasteiger partial charge in [-0.3, -0.25) is 4.79 Å². The first-order valence-electron chi connectivity index (χ1n) is 13.0. The summed E-state index contributed by atoms with van der Waals surface area (Å²) in [5, 5.41) is 12.6. The number of alkyl carbamates (subject to hydrolysis) is 1. The summed E-state index contributed by atoms with van der Waals surface area (Å²) in [6, 6.07) is 7.74. The van der Waals surface area contributed by atoms with E-state index in [1.54, 1.807) is 26.8 Å². The number of hydrogen-bond acceptors (Lipinski definition) is 6. The van der Waals surface area contributed by atoms with Crippen molar-refractivity contribution in [2.75, 3.05) is 7.11 Å². The Morgan fingerprint density at radius 2 is 1.90 bits per heavy atom. The van der Waals surface area contributed by atoms with Gasteiger partial charge in [0, 0.05) is 27.6 Å². The van der Waals surface area contributed by atoms with Gasteiger partial charge in [0.05, 0.1) is 24.2 Å². The summed E-state index contributed by atoms with van der Waals surface area (Å²) in [7, 11) is 1.40. The molecule has 8 nitrogen and oxygen atoms in total. The average Bonchev–Trinajstić information content (AvgIpc) is 3.32. The van der Waals surface area contributed by atoms with Crippen LogP contribution in [0.3, 0.4) is 0 Å². The third-order valence-corrected chi connectivity index (χ3v) is 8.04. The van der Waals surface area contributed by atoms with Crippen LogP contribution in [0, 0.1) is 11.6 Å². The lowest BCUT2D eigenvalue weighted by Gasteiger charge is -2.26. The number of fused-ring (bicyclic) bond motifs is 2. The van der Waals surface area contributed by atoms with E-state index in [4.69, 9.17) is 9.47 Å². The molecule has 0 saturated carbocycles. The first-order valence-corrected chi connectivity index (χ1v) is 13.8. The number of carbonyl (C=O) groups excluding carboxylic acids is 1. The predicted octanol–water partition coefficient (Wildman–Crippen LogP) is 6.61. The van der Waals surface area contributed by atoms with Crippen molar-refractivity contribution in [2.24, 2.45) is 0 Å². The number of nitrogens with zero attached hydrogens (tertiary/aromatic N) is 1. The number of nitrogens with one attached hydrogen (secondary N) is 1. The first kappa shape index (κ1) is 28.3. The largest absolute Gasteiger partial charge is 0.494 e. The normalized spacial score (nSPS) is 14.9. The Morgan fingerprint density at radius 3 is 2.56 bits per heavy atom. The number of aromatic nitrogens is 1. The number of carboxylic acids is 1. The predicted molar refractivity (Wildman–Crippen MR) is 151 cm³/mol. The van der Waals surface area contributed by atoms with Gasteiger partial charge in [-0.05, 0) is 75.9 Å². The van der Waals surface area contributed by atoms with E-state index in [2.05, 4.69) is 5.32 Å². The van der Waals surface area contributed by atoms with Crippen LogP contribution in [0.4, 0.5) is 13.6 Å². The maximum Gasteiger partial charge on any atom is 0.408 e. The first-order chi connectivity index (χ1) is 19.4. The van der Waals surface area contributed by atoms with Gasteiger partial charge in [-0.2, -0.15) is 0 Å². The molecule has 0 aliphatic heterocycles. The number of carboxylic acid groups (broad SMARTS) is 1. The minimum Gasteiger partial charge on any atom is -0.494 e. The molecule has 1 aliphatic carbocycles. The SMILES string of the molecule is COc1c(-c2cc3c(s2)CCCC3NC(=O)OC(C)(C)C)ccc2c(=O)c(C(=O)O)cn(-c3ccc(F)cc3F)c12. The van der Waals surface area contributed by atoms with Crippen molar-refractivity contribution in [1.82, 2.24) is 9.88 Å². The third-order valence-electron chi connectivity index (χ3n) is 6.79. The van der Waals surface area contributed by atoms with Crippen LogP contribution in [0.15, 0.2) is 47.4 Å². The van der Waals surface area contributed by atoms with E-state index in [1.165, 1.54) is 35.1 Å². The molecule has 0 saturated heterocycles. The summed E-state index contributed by atoms with van der Waals surface area (Å²) < 4.78 is 41.2. The van der Waals surface area contributed by atoms with E-state index in [-0.39, 0.29) is 28.4 Å². The Kier molecular flexibility index (Phi) is 7.33. The molecule has 2 N–H and O–H groups in total. The van der Waals surface area contributed by atoms with Crippen LogP contribution < -0.4 is 15.5 Å². The fourth-order valence-corrected chi connectivity index (χ4v) is 6.39. The zero-order valence-electron chi connectivity index (χ0n) is 22.8. The summed E-state index contributed by atoms with van der Waals surface area (Å²) >= 11 is 1.51. The van der Waals surface area contributed by atoms with Crippen LogP contribution in [0.25, 0.3) is 27.0 Å². The number of aryl methyl sites for hydroxylation is 1. The van der Waals surface area contributed by atoms with Gasteiger partial charge in [0.15, 0.2) is 5.75 Å². The van der Waals surface area contributed by atoms with Gasteiger partial charge in [0.1, 0.15) is 28.3 Å². The number of pyridine rings is 1. The van der Waals surface area contributed by atoms with Gasteiger partial charge >= 0.3 is 12.1 Å². The van der Waals surface area contributed by atoms with Gasteiger partial charge in [-0.25, -0.2) is 18.4 Å². The molecule has 0 bridgehead atoms. The molecule has 2 aromatic heterocycles. The van der Waals surface area contributed by atoms with E-state index >= 15 is 0 Å². The van der Waals surface area contributed by atoms with Crippen LogP contribution in [0.2, 0.25) is 0 Å². The van der Waals surface area contributed by atoms with E-state index in [0.29, 0.717) is 11.6 Å². The highest BCUT2D eigenvalue weighted by atomic mass is 32.1. The molecule has 0 spiro atoms. The number of amides is 1. The van der Waals surface area contributed by atoms with Crippen molar-refractivity contribution in [3.63, 3.8) is 0 Å². The van der Waals surface area contributed by atoms with Crippen LogP contribution >= 0.6 is 11.3 Å². The number of carbonyl (C=O) groups is 2. The van der Waals surface area contributed by atoms with Crippen LogP contribution in [-0.4, -0.2) is 34.4 Å². The average molecular weight is 583 g/mol. The summed E-state index contributed by atoms with van der Waals surface area (Å²) in [6.45, 7) is 5.39. The Labute approximate surface area is 238 Å². The number of methoxy groups -OCH3 is 1. The third kappa shape index (κ3) is 5.41. The van der Waals surface area contributed by atoms with Gasteiger partial charge in [0.25, 0.3) is 0 Å². The summed E-state index contributed by atoms with van der Waals surface area (Å²) in [5.41, 5.74) is -0.439. The number of ether oxygens (including phenoxy) is 2. The molecule has 0 fully saturated rings. The maximum absolute atomic E-state index is 15.0. The molecular weight excluding hydrogens is 554 g/mol. The topological polar surface area (TPSA) is 107 Å². The molecule has 4 aromatic rings. The maximum atomic E-state index is 15.0. The number of halogens is 2. The molecule has 0 radical (unpaired) electrons. The smallest absolute Gasteiger partial charge is 0.408 e. The highest BCUT2D eigenvalue weighted by Gasteiger charge is 2.29. The van der Waals surface area contributed by atoms with Crippen molar-refractivity contribution in [3.8, 4) is 21.9 Å². The number of thiophene rings is 1. The lowest BCUT2D eigenvalue weighted by Crippen LogP contribution is -2.35. The van der Waals surface area contributed by atoms with Crippen molar-refractivity contribution in [3.05, 3.63) is 80.5 Å². The molecule has 1 unspecified atom stereocenters. The molecule has 41 heavy (non-hydrogen) atoms. The van der Waals surface area contributed by atoms with Crippen molar-refractivity contribution in [1.29, 1.82) is 0 Å². The Morgan fingerprint density at radius 1 is 1.15 bits per heavy atom. The number of aromatic carboxylic acids is 1. The number of hydrogen-bond donors (Lipinski definition) is 2. The van der Waals surface area contributed by atoms with Crippen molar-refractivity contribution >= 4 is 34.3 Å². The Balaban J connectivity index is 1.69. The van der Waals surface area contributed by atoms with Gasteiger partial charge in [-0.15, -0.1) is 11.3 Å². The zero-order valence-corrected chi connectivity index (χ0v) is 23.7. The van der Waals surface area contributed by atoms with Crippen LogP contribution in [0.1, 0.15) is 60.5 Å². The molecule has 11 heteroatoms. The Bertz CT molecular complexity index is 1750. The molecule has 1 aliphatic rings. The molecule has 1 amide bonds. The summed E-state index contributed by atoms with van der Waals surface area (Å²) in [6.07, 6.45) is 2.93. The van der Waals surface area contributed by atoms with Crippen LogP contribution in [0.5, 0.6) is 5.75 Å². The fourth-order valence-electron chi connectivity index (χ4n) is 5.10. The van der Waals surface area contributed by atoms with Gasteiger partial charge in [-0.1, -0.05) is 0 Å². The van der Waals surface area contributed by atoms with E-state index in [9.17, 15) is 28.3 Å². The lowest BCUT2D eigenvalue weighted by atomic mass is 9.93. The lowest BCUT2D eigenvalue weighted by molar-refractivity contribution is 0.0498. The number of benzene rings is 2. The van der Waals surface area contributed by atoms with E-state index < -0.39 is 40.3 Å². The second-order valence-electron chi connectivity index (χ2n) is 10.8. The standard InChI is InChI=1S/C30H28F2N2O6S/c1-30(2,3)40-29(38)33-21-6-5-7-23-18(21)13-24(41-23)16-9-10-17-25(27(16)39-4)34(14-19(26(17)35)28(36)37)22-11-8-15(31)12-20(22)32/h8-14,21H,5-7H2,1-4H3,(H,33,38)(H,36,37). The number of rotatable bonds is 5. The van der Waals surface area contributed by atoms with Crippen molar-refractivity contribution in [2.45, 2.75) is 51.7 Å². The molecule has 2 aromatic carbocycles. The van der Waals surface area contributed by atoms with E-state index in [1.807, 2.05) is 6.07 Å². The molecule has 5 rings (SSSR count). The highest BCUT2D eigenvalue weighted by molar-refractivity contribution is 7.15. The highest BCUT2D eigenvalue weighted by Crippen LogP contribution is 2.45. The second-order valence-corrected chi connectivity index (χ2v) is 11.9. The zero-order chi connectivity index (χ0) is 29.6. The van der Waals surface area contributed by atoms with E-state index in [0.717, 1.165) is 46.8 Å². The summed E-state index contributed by atoms with van der Waals surface area (Å²) in [4.78, 5) is 39.4. The van der Waals surface area contributed by atoms with Crippen molar-refractivity contribution < 1.29 is 33.0 Å². The second kappa shape index (κ2) is 10.6.